The Morgan fingerprint density at radius 1 is 1.15 bits per heavy atom. The normalized spacial score (nSPS) is 10.8. The van der Waals surface area contributed by atoms with E-state index in [2.05, 4.69) is 15.4 Å². The highest BCUT2D eigenvalue weighted by Gasteiger charge is 2.12. The number of nitrogen functional groups attached to an aromatic ring is 1. The van der Waals surface area contributed by atoms with Gasteiger partial charge >= 0.3 is 0 Å². The number of nitrogens with two attached hydrogens (primary N) is 1. The number of ether oxygens (including phenoxy) is 1. The number of anilines is 1. The number of nitrogens with one attached hydrogen (secondary N) is 1. The molecule has 6 heteroatoms. The minimum Gasteiger partial charge on any atom is -0.438 e. The number of benzene rings is 1. The molecule has 0 saturated carbocycles. The van der Waals surface area contributed by atoms with Gasteiger partial charge in [-0.15, -0.1) is 11.3 Å². The lowest BCUT2D eigenvalue weighted by Gasteiger charge is -2.07. The topological polar surface area (TPSA) is 73.1 Å². The van der Waals surface area contributed by atoms with E-state index in [0.29, 0.717) is 11.8 Å². The second-order valence-electron chi connectivity index (χ2n) is 4.49. The smallest absolute Gasteiger partial charge is 0.241 e. The zero-order valence-electron chi connectivity index (χ0n) is 11.2. The van der Waals surface area contributed by atoms with Crippen LogP contribution < -0.4 is 16.0 Å². The Morgan fingerprint density at radius 3 is 2.60 bits per heavy atom. The van der Waals surface area contributed by atoms with Crippen molar-refractivity contribution in [2.24, 2.45) is 5.84 Å². The Bertz CT molecular complexity index is 752. The second-order valence-corrected chi connectivity index (χ2v) is 5.72. The van der Waals surface area contributed by atoms with Gasteiger partial charge in [0, 0.05) is 4.88 Å². The fourth-order valence-electron chi connectivity index (χ4n) is 1.88. The molecule has 0 aliphatic heterocycles. The monoisotopic (exact) mass is 286 g/mol. The molecule has 0 aliphatic carbocycles. The maximum Gasteiger partial charge on any atom is 0.241 e. The third-order valence-electron chi connectivity index (χ3n) is 2.85. The molecule has 0 amide bonds. The minimum absolute atomic E-state index is 0.349. The van der Waals surface area contributed by atoms with Gasteiger partial charge in [-0.2, -0.15) is 4.98 Å². The van der Waals surface area contributed by atoms with Gasteiger partial charge in [0.1, 0.15) is 10.6 Å². The van der Waals surface area contributed by atoms with Crippen molar-refractivity contribution in [3.05, 3.63) is 40.8 Å². The summed E-state index contributed by atoms with van der Waals surface area (Å²) in [5.74, 6) is 7.00. The number of fused-ring (bicyclic) bond motifs is 1. The van der Waals surface area contributed by atoms with Gasteiger partial charge in [0.05, 0.1) is 5.39 Å². The van der Waals surface area contributed by atoms with Crippen LogP contribution >= 0.6 is 11.3 Å². The number of aromatic nitrogens is 2. The Hall–Kier alpha value is -2.18. The van der Waals surface area contributed by atoms with Crippen molar-refractivity contribution in [1.82, 2.24) is 9.97 Å². The van der Waals surface area contributed by atoms with Crippen molar-refractivity contribution in [2.45, 2.75) is 13.8 Å². The van der Waals surface area contributed by atoms with E-state index in [1.165, 1.54) is 5.56 Å². The molecule has 0 unspecified atom stereocenters. The first-order valence-corrected chi connectivity index (χ1v) is 6.96. The van der Waals surface area contributed by atoms with Crippen LogP contribution in [0.3, 0.4) is 0 Å². The van der Waals surface area contributed by atoms with Crippen LogP contribution in [0.4, 0.5) is 5.95 Å². The van der Waals surface area contributed by atoms with Gasteiger partial charge in [-0.3, -0.25) is 5.43 Å². The van der Waals surface area contributed by atoms with Crippen LogP contribution in [0.2, 0.25) is 0 Å². The minimum atomic E-state index is 0.349. The molecule has 0 fully saturated rings. The van der Waals surface area contributed by atoms with Gasteiger partial charge in [-0.1, -0.05) is 17.7 Å². The summed E-state index contributed by atoms with van der Waals surface area (Å²) in [6.07, 6.45) is 0. The van der Waals surface area contributed by atoms with Gasteiger partial charge in [0.15, 0.2) is 0 Å². The van der Waals surface area contributed by atoms with Crippen LogP contribution in [-0.4, -0.2) is 9.97 Å². The molecule has 0 aliphatic rings. The lowest BCUT2D eigenvalue weighted by atomic mass is 10.2. The van der Waals surface area contributed by atoms with Crippen molar-refractivity contribution in [3.8, 4) is 11.6 Å². The number of nitrogens with zero attached hydrogens (tertiary/aromatic N) is 2. The van der Waals surface area contributed by atoms with Gasteiger partial charge in [-0.05, 0) is 32.0 Å². The Labute approximate surface area is 120 Å². The predicted octanol–water partition coefficient (Wildman–Crippen LogP) is 3.39. The van der Waals surface area contributed by atoms with Gasteiger partial charge in [-0.25, -0.2) is 10.8 Å². The van der Waals surface area contributed by atoms with Crippen LogP contribution in [0.15, 0.2) is 30.3 Å². The van der Waals surface area contributed by atoms with Crippen LogP contribution in [0.5, 0.6) is 11.6 Å². The van der Waals surface area contributed by atoms with E-state index >= 15 is 0 Å². The standard InChI is InChI=1S/C14H14N4OS/c1-8-3-5-10(6-4-8)19-12-11-7-9(2)20-13(11)17-14(16-12)18-15/h3-7H,15H2,1-2H3,(H,16,17,18). The molecule has 2 aromatic heterocycles. The molecular formula is C14H14N4OS. The highest BCUT2D eigenvalue weighted by atomic mass is 32.1. The zero-order valence-corrected chi connectivity index (χ0v) is 12.0. The Kier molecular flexibility index (Phi) is 3.25. The van der Waals surface area contributed by atoms with Crippen LogP contribution in [0.25, 0.3) is 10.2 Å². The van der Waals surface area contributed by atoms with E-state index in [1.807, 2.05) is 44.2 Å². The maximum atomic E-state index is 5.86. The van der Waals surface area contributed by atoms with Crippen LogP contribution in [-0.2, 0) is 0 Å². The number of aryl methyl sites for hydroxylation is 2. The molecule has 0 spiro atoms. The summed E-state index contributed by atoms with van der Waals surface area (Å²) >= 11 is 1.58. The summed E-state index contributed by atoms with van der Waals surface area (Å²) in [5.41, 5.74) is 3.65. The molecule has 1 aromatic carbocycles. The third-order valence-corrected chi connectivity index (χ3v) is 3.79. The summed E-state index contributed by atoms with van der Waals surface area (Å²) < 4.78 is 5.86. The van der Waals surface area contributed by atoms with Crippen LogP contribution in [0.1, 0.15) is 10.4 Å². The van der Waals surface area contributed by atoms with Crippen molar-refractivity contribution < 1.29 is 4.74 Å². The Morgan fingerprint density at radius 2 is 1.90 bits per heavy atom. The molecular weight excluding hydrogens is 272 g/mol. The number of rotatable bonds is 3. The lowest BCUT2D eigenvalue weighted by Crippen LogP contribution is -2.10. The van der Waals surface area contributed by atoms with E-state index in [0.717, 1.165) is 20.8 Å². The van der Waals surface area contributed by atoms with Crippen LogP contribution in [0, 0.1) is 13.8 Å². The molecule has 5 nitrogen and oxygen atoms in total. The number of hydrazine groups is 1. The fraction of sp³-hybridized carbons (Fsp3) is 0.143. The SMILES string of the molecule is Cc1ccc(Oc2nc(NN)nc3sc(C)cc23)cc1. The van der Waals surface area contributed by atoms with Gasteiger partial charge in [0.25, 0.3) is 0 Å². The Balaban J connectivity index is 2.06. The summed E-state index contributed by atoms with van der Waals surface area (Å²) in [5, 5.41) is 0.895. The number of thiophene rings is 1. The molecule has 2 heterocycles. The summed E-state index contributed by atoms with van der Waals surface area (Å²) in [6, 6.07) is 9.84. The van der Waals surface area contributed by atoms with E-state index in [9.17, 15) is 0 Å². The number of hydrogen-bond donors (Lipinski definition) is 2. The first-order chi connectivity index (χ1) is 9.65. The van der Waals surface area contributed by atoms with Crippen molar-refractivity contribution in [2.75, 3.05) is 5.43 Å². The molecule has 0 bridgehead atoms. The molecule has 3 N–H and O–H groups in total. The maximum absolute atomic E-state index is 5.86. The average Bonchev–Trinajstić information content (AvgIpc) is 2.81. The first-order valence-electron chi connectivity index (χ1n) is 6.15. The zero-order chi connectivity index (χ0) is 14.1. The van der Waals surface area contributed by atoms with Crippen molar-refractivity contribution in [1.29, 1.82) is 0 Å². The number of hydrogen-bond acceptors (Lipinski definition) is 6. The highest BCUT2D eigenvalue weighted by Crippen LogP contribution is 2.33. The van der Waals surface area contributed by atoms with Crippen molar-refractivity contribution >= 4 is 27.5 Å². The molecule has 0 radical (unpaired) electrons. The van der Waals surface area contributed by atoms with E-state index in [4.69, 9.17) is 10.6 Å². The average molecular weight is 286 g/mol. The van der Waals surface area contributed by atoms with E-state index in [-0.39, 0.29) is 0 Å². The largest absolute Gasteiger partial charge is 0.438 e. The van der Waals surface area contributed by atoms with Gasteiger partial charge < -0.3 is 4.74 Å². The third kappa shape index (κ3) is 2.43. The second kappa shape index (κ2) is 5.07. The lowest BCUT2D eigenvalue weighted by molar-refractivity contribution is 0.469. The first kappa shape index (κ1) is 12.8. The summed E-state index contributed by atoms with van der Waals surface area (Å²) in [6.45, 7) is 4.06. The molecule has 3 rings (SSSR count). The molecule has 0 atom stereocenters. The molecule has 0 saturated heterocycles. The predicted molar refractivity (Wildman–Crippen MR) is 81.2 cm³/mol. The van der Waals surface area contributed by atoms with E-state index < -0.39 is 0 Å². The van der Waals surface area contributed by atoms with Gasteiger partial charge in [0.2, 0.25) is 11.8 Å². The summed E-state index contributed by atoms with van der Waals surface area (Å²) in [4.78, 5) is 10.6. The fourth-order valence-corrected chi connectivity index (χ4v) is 2.75. The molecule has 20 heavy (non-hydrogen) atoms. The van der Waals surface area contributed by atoms with E-state index in [1.54, 1.807) is 11.3 Å². The quantitative estimate of drug-likeness (QED) is 0.570. The molecule has 3 aromatic rings. The van der Waals surface area contributed by atoms with Crippen molar-refractivity contribution in [3.63, 3.8) is 0 Å². The molecule has 102 valence electrons. The summed E-state index contributed by atoms with van der Waals surface area (Å²) in [7, 11) is 0. The highest BCUT2D eigenvalue weighted by molar-refractivity contribution is 7.18.